The first-order valence-electron chi connectivity index (χ1n) is 6.56. The molecule has 0 aliphatic rings. The monoisotopic (exact) mass is 289 g/mol. The lowest BCUT2D eigenvalue weighted by molar-refractivity contribution is -0.151. The minimum absolute atomic E-state index is 0.213. The van der Waals surface area contributed by atoms with E-state index in [9.17, 15) is 4.79 Å². The van der Waals surface area contributed by atoms with Gasteiger partial charge in [-0.05, 0) is 45.4 Å². The van der Waals surface area contributed by atoms with Crippen LogP contribution in [0.2, 0.25) is 0 Å². The quantitative estimate of drug-likeness (QED) is 0.633. The molecule has 0 radical (unpaired) electrons. The Hall–Kier alpha value is -1.55. The summed E-state index contributed by atoms with van der Waals surface area (Å²) in [5.74, 6) is 0.0670. The number of rotatable bonds is 3. The van der Waals surface area contributed by atoms with Gasteiger partial charge in [-0.2, -0.15) is 0 Å². The summed E-state index contributed by atoms with van der Waals surface area (Å²) in [5.41, 5.74) is 1.69. The number of ether oxygens (including phenoxy) is 1. The zero-order chi connectivity index (χ0) is 14.8. The number of hydrogen-bond acceptors (Lipinski definition) is 4. The van der Waals surface area contributed by atoms with Crippen molar-refractivity contribution in [3.8, 4) is 0 Å². The Bertz CT molecular complexity index is 632. The van der Waals surface area contributed by atoms with E-state index < -0.39 is 5.60 Å². The number of carbonyl (C=O) groups excluding carboxylic acids is 1. The second-order valence-electron chi connectivity index (χ2n) is 5.67. The molecule has 1 aromatic carbocycles. The smallest absolute Gasteiger partial charge is 0.316 e. The standard InChI is InChI=1S/C16H19NO2S/c1-11-9-14(17-13-8-6-5-7-12(11)13)20-10-15(18)19-16(2,3)4/h5-9H,10H2,1-4H3. The van der Waals surface area contributed by atoms with E-state index in [2.05, 4.69) is 18.0 Å². The lowest BCUT2D eigenvalue weighted by atomic mass is 10.1. The number of pyridine rings is 1. The van der Waals surface area contributed by atoms with E-state index in [1.54, 1.807) is 0 Å². The molecule has 0 spiro atoms. The zero-order valence-corrected chi connectivity index (χ0v) is 13.1. The molecule has 0 saturated heterocycles. The lowest BCUT2D eigenvalue weighted by Crippen LogP contribution is -2.24. The first kappa shape index (κ1) is 14.9. The van der Waals surface area contributed by atoms with Gasteiger partial charge in [0.25, 0.3) is 0 Å². The van der Waals surface area contributed by atoms with Gasteiger partial charge in [-0.15, -0.1) is 0 Å². The van der Waals surface area contributed by atoms with Crippen molar-refractivity contribution in [2.45, 2.75) is 38.3 Å². The van der Waals surface area contributed by atoms with Gasteiger partial charge in [-0.1, -0.05) is 30.0 Å². The van der Waals surface area contributed by atoms with Crippen molar-refractivity contribution in [3.05, 3.63) is 35.9 Å². The van der Waals surface area contributed by atoms with Crippen molar-refractivity contribution in [2.24, 2.45) is 0 Å². The Morgan fingerprint density at radius 2 is 2.00 bits per heavy atom. The molecule has 0 fully saturated rings. The zero-order valence-electron chi connectivity index (χ0n) is 12.3. The van der Waals surface area contributed by atoms with Crippen LogP contribution in [0.25, 0.3) is 10.9 Å². The third-order valence-corrected chi connectivity index (χ3v) is 3.54. The van der Waals surface area contributed by atoms with Gasteiger partial charge in [0.1, 0.15) is 5.60 Å². The Labute approximate surface area is 123 Å². The van der Waals surface area contributed by atoms with Crippen LogP contribution in [0, 0.1) is 6.92 Å². The molecular formula is C16H19NO2S. The number of benzene rings is 1. The van der Waals surface area contributed by atoms with Crippen LogP contribution < -0.4 is 0 Å². The summed E-state index contributed by atoms with van der Waals surface area (Å²) in [6, 6.07) is 10.0. The lowest BCUT2D eigenvalue weighted by Gasteiger charge is -2.19. The summed E-state index contributed by atoms with van der Waals surface area (Å²) >= 11 is 1.41. The fourth-order valence-electron chi connectivity index (χ4n) is 1.90. The predicted molar refractivity (Wildman–Crippen MR) is 83.0 cm³/mol. The van der Waals surface area contributed by atoms with E-state index in [0.717, 1.165) is 15.9 Å². The molecule has 106 valence electrons. The Balaban J connectivity index is 2.09. The maximum atomic E-state index is 11.7. The van der Waals surface area contributed by atoms with Crippen LogP contribution >= 0.6 is 11.8 Å². The molecule has 4 heteroatoms. The first-order valence-corrected chi connectivity index (χ1v) is 7.55. The van der Waals surface area contributed by atoms with Crippen molar-refractivity contribution in [3.63, 3.8) is 0 Å². The van der Waals surface area contributed by atoms with Crippen LogP contribution in [0.15, 0.2) is 35.4 Å². The van der Waals surface area contributed by atoms with Crippen molar-refractivity contribution < 1.29 is 9.53 Å². The first-order chi connectivity index (χ1) is 9.35. The molecule has 0 amide bonds. The molecule has 0 atom stereocenters. The molecule has 1 heterocycles. The van der Waals surface area contributed by atoms with Crippen LogP contribution in [0.4, 0.5) is 0 Å². The molecule has 1 aromatic heterocycles. The fourth-order valence-corrected chi connectivity index (χ4v) is 2.64. The van der Waals surface area contributed by atoms with Gasteiger partial charge in [0.05, 0.1) is 16.3 Å². The number of thioether (sulfide) groups is 1. The molecule has 0 bridgehead atoms. The normalized spacial score (nSPS) is 11.6. The van der Waals surface area contributed by atoms with E-state index >= 15 is 0 Å². The maximum Gasteiger partial charge on any atom is 0.316 e. The van der Waals surface area contributed by atoms with Gasteiger partial charge < -0.3 is 4.74 Å². The molecular weight excluding hydrogens is 270 g/mol. The molecule has 0 N–H and O–H groups in total. The predicted octanol–water partition coefficient (Wildman–Crippen LogP) is 3.98. The van der Waals surface area contributed by atoms with Crippen molar-refractivity contribution in [2.75, 3.05) is 5.75 Å². The van der Waals surface area contributed by atoms with Crippen LogP contribution in [-0.2, 0) is 9.53 Å². The van der Waals surface area contributed by atoms with E-state index in [-0.39, 0.29) is 11.7 Å². The summed E-state index contributed by atoms with van der Waals surface area (Å²) in [5, 5.41) is 2.00. The largest absolute Gasteiger partial charge is 0.459 e. The van der Waals surface area contributed by atoms with Gasteiger partial charge >= 0.3 is 5.97 Å². The Kier molecular flexibility index (Phi) is 4.33. The molecule has 3 nitrogen and oxygen atoms in total. The van der Waals surface area contributed by atoms with Gasteiger partial charge in [-0.3, -0.25) is 4.79 Å². The molecule has 0 aliphatic carbocycles. The highest BCUT2D eigenvalue weighted by Crippen LogP contribution is 2.24. The van der Waals surface area contributed by atoms with Gasteiger partial charge in [-0.25, -0.2) is 4.98 Å². The van der Waals surface area contributed by atoms with E-state index in [1.807, 2.05) is 45.0 Å². The molecule has 0 unspecified atom stereocenters. The highest BCUT2D eigenvalue weighted by atomic mass is 32.2. The van der Waals surface area contributed by atoms with Gasteiger partial charge in [0.15, 0.2) is 0 Å². The number of nitrogens with zero attached hydrogens (tertiary/aromatic N) is 1. The van der Waals surface area contributed by atoms with E-state index in [4.69, 9.17) is 4.74 Å². The number of esters is 1. The summed E-state index contributed by atoms with van der Waals surface area (Å²) in [6.45, 7) is 7.66. The van der Waals surface area contributed by atoms with Crippen LogP contribution in [-0.4, -0.2) is 22.3 Å². The number of hydrogen-bond donors (Lipinski definition) is 0. The highest BCUT2D eigenvalue weighted by Gasteiger charge is 2.16. The number of aromatic nitrogens is 1. The van der Waals surface area contributed by atoms with E-state index in [1.165, 1.54) is 17.3 Å². The SMILES string of the molecule is Cc1cc(SCC(=O)OC(C)(C)C)nc2ccccc12. The second kappa shape index (κ2) is 5.83. The van der Waals surface area contributed by atoms with Crippen LogP contribution in [0.1, 0.15) is 26.3 Å². The number of para-hydroxylation sites is 1. The van der Waals surface area contributed by atoms with E-state index in [0.29, 0.717) is 0 Å². The number of carbonyl (C=O) groups is 1. The van der Waals surface area contributed by atoms with Gasteiger partial charge in [0.2, 0.25) is 0 Å². The minimum Gasteiger partial charge on any atom is -0.459 e. The third-order valence-electron chi connectivity index (χ3n) is 2.66. The number of aryl methyl sites for hydroxylation is 1. The van der Waals surface area contributed by atoms with Crippen molar-refractivity contribution >= 4 is 28.6 Å². The summed E-state index contributed by atoms with van der Waals surface area (Å²) in [4.78, 5) is 16.3. The highest BCUT2D eigenvalue weighted by molar-refractivity contribution is 7.99. The fraction of sp³-hybridized carbons (Fsp3) is 0.375. The van der Waals surface area contributed by atoms with Crippen molar-refractivity contribution in [1.82, 2.24) is 4.98 Å². The molecule has 0 aliphatic heterocycles. The van der Waals surface area contributed by atoms with Crippen LogP contribution in [0.5, 0.6) is 0 Å². The summed E-state index contributed by atoms with van der Waals surface area (Å²) in [6.07, 6.45) is 0. The van der Waals surface area contributed by atoms with Crippen molar-refractivity contribution in [1.29, 1.82) is 0 Å². The average Bonchev–Trinajstić information content (AvgIpc) is 2.34. The topological polar surface area (TPSA) is 39.2 Å². The summed E-state index contributed by atoms with van der Waals surface area (Å²) in [7, 11) is 0. The molecule has 20 heavy (non-hydrogen) atoms. The van der Waals surface area contributed by atoms with Gasteiger partial charge in [0, 0.05) is 5.39 Å². The Morgan fingerprint density at radius 3 is 2.70 bits per heavy atom. The summed E-state index contributed by atoms with van der Waals surface area (Å²) < 4.78 is 5.29. The minimum atomic E-state index is -0.440. The second-order valence-corrected chi connectivity index (χ2v) is 6.67. The molecule has 2 aromatic rings. The number of fused-ring (bicyclic) bond motifs is 1. The maximum absolute atomic E-state index is 11.7. The molecule has 0 saturated carbocycles. The Morgan fingerprint density at radius 1 is 1.30 bits per heavy atom. The van der Waals surface area contributed by atoms with Crippen LogP contribution in [0.3, 0.4) is 0 Å². The third kappa shape index (κ3) is 3.97. The molecule has 2 rings (SSSR count). The average molecular weight is 289 g/mol.